The summed E-state index contributed by atoms with van der Waals surface area (Å²) in [5.41, 5.74) is 2.98. The Morgan fingerprint density at radius 1 is 1.00 bits per heavy atom. The molecular weight excluding hydrogens is 338 g/mol. The average Bonchev–Trinajstić information content (AvgIpc) is 3.02. The predicted molar refractivity (Wildman–Crippen MR) is 106 cm³/mol. The Balaban J connectivity index is 1.41. The maximum absolute atomic E-state index is 12.6. The molecule has 1 amide bonds. The Bertz CT molecular complexity index is 1010. The number of hydrogen-bond donors (Lipinski definition) is 0. The average molecular weight is 359 g/mol. The summed E-state index contributed by atoms with van der Waals surface area (Å²) in [5, 5.41) is 2.12. The van der Waals surface area contributed by atoms with E-state index in [1.54, 1.807) is 4.90 Å². The normalized spacial score (nSPS) is 15.6. The van der Waals surface area contributed by atoms with Crippen molar-refractivity contribution < 1.29 is 14.3 Å². The van der Waals surface area contributed by atoms with Gasteiger partial charge >= 0.3 is 5.97 Å². The van der Waals surface area contributed by atoms with Crippen LogP contribution in [0.4, 0.5) is 5.69 Å². The zero-order chi connectivity index (χ0) is 18.8. The third-order valence-corrected chi connectivity index (χ3v) is 5.05. The molecule has 0 fully saturated rings. The second-order valence-corrected chi connectivity index (χ2v) is 6.92. The third-order valence-electron chi connectivity index (χ3n) is 5.05. The lowest BCUT2D eigenvalue weighted by Gasteiger charge is -2.22. The predicted octanol–water partition coefficient (Wildman–Crippen LogP) is 3.90. The molecule has 3 aromatic rings. The van der Waals surface area contributed by atoms with Crippen molar-refractivity contribution in [3.05, 3.63) is 77.9 Å². The molecule has 1 aliphatic heterocycles. The van der Waals surface area contributed by atoms with Crippen LogP contribution in [0.1, 0.15) is 18.1 Å². The molecule has 4 heteroatoms. The molecule has 4 rings (SSSR count). The molecule has 0 saturated heterocycles. The van der Waals surface area contributed by atoms with Crippen molar-refractivity contribution in [2.24, 2.45) is 0 Å². The van der Waals surface area contributed by atoms with E-state index >= 15 is 0 Å². The molecule has 0 N–H and O–H groups in total. The summed E-state index contributed by atoms with van der Waals surface area (Å²) in [6.45, 7) is 1.78. The molecular formula is C23H21NO3. The molecule has 1 aliphatic rings. The topological polar surface area (TPSA) is 46.6 Å². The Morgan fingerprint density at radius 2 is 1.74 bits per heavy atom. The van der Waals surface area contributed by atoms with Crippen LogP contribution < -0.4 is 4.90 Å². The first-order chi connectivity index (χ1) is 13.1. The SMILES string of the molecule is CC1Cc2ccccc2N1C(=O)COC(=O)Cc1cccc2ccccc12. The first-order valence-corrected chi connectivity index (χ1v) is 9.15. The van der Waals surface area contributed by atoms with E-state index in [2.05, 4.69) is 0 Å². The van der Waals surface area contributed by atoms with Gasteiger partial charge in [-0.1, -0.05) is 60.7 Å². The number of esters is 1. The van der Waals surface area contributed by atoms with Gasteiger partial charge < -0.3 is 9.64 Å². The second-order valence-electron chi connectivity index (χ2n) is 6.92. The van der Waals surface area contributed by atoms with E-state index in [1.165, 1.54) is 0 Å². The minimum Gasteiger partial charge on any atom is -0.455 e. The molecule has 1 unspecified atom stereocenters. The van der Waals surface area contributed by atoms with Gasteiger partial charge in [-0.25, -0.2) is 0 Å². The standard InChI is InChI=1S/C23H21NO3/c1-16-13-19-8-3-5-12-21(19)24(16)22(25)15-27-23(26)14-18-10-6-9-17-7-2-4-11-20(17)18/h2-12,16H,13-15H2,1H3. The molecule has 1 atom stereocenters. The fraction of sp³-hybridized carbons (Fsp3) is 0.217. The zero-order valence-corrected chi connectivity index (χ0v) is 15.2. The summed E-state index contributed by atoms with van der Waals surface area (Å²) in [4.78, 5) is 26.7. The number of nitrogens with zero attached hydrogens (tertiary/aromatic N) is 1. The van der Waals surface area contributed by atoms with Crippen molar-refractivity contribution >= 4 is 28.3 Å². The quantitative estimate of drug-likeness (QED) is 0.664. The Hall–Kier alpha value is -3.14. The molecule has 4 nitrogen and oxygen atoms in total. The van der Waals surface area contributed by atoms with Gasteiger partial charge in [0.1, 0.15) is 0 Å². The lowest BCUT2D eigenvalue weighted by Crippen LogP contribution is -2.38. The summed E-state index contributed by atoms with van der Waals surface area (Å²) in [7, 11) is 0. The highest BCUT2D eigenvalue weighted by molar-refractivity contribution is 5.98. The van der Waals surface area contributed by atoms with Gasteiger partial charge in [0, 0.05) is 11.7 Å². The van der Waals surface area contributed by atoms with Crippen molar-refractivity contribution in [2.45, 2.75) is 25.8 Å². The number of amides is 1. The zero-order valence-electron chi connectivity index (χ0n) is 15.2. The first kappa shape index (κ1) is 17.3. The van der Waals surface area contributed by atoms with Gasteiger partial charge in [0.25, 0.3) is 5.91 Å². The highest BCUT2D eigenvalue weighted by Crippen LogP contribution is 2.31. The Labute approximate surface area is 158 Å². The molecule has 136 valence electrons. The van der Waals surface area contributed by atoms with Gasteiger partial charge in [-0.2, -0.15) is 0 Å². The number of carbonyl (C=O) groups excluding carboxylic acids is 2. The van der Waals surface area contributed by atoms with Crippen LogP contribution >= 0.6 is 0 Å². The van der Waals surface area contributed by atoms with E-state index < -0.39 is 0 Å². The van der Waals surface area contributed by atoms with Gasteiger partial charge in [0.15, 0.2) is 6.61 Å². The van der Waals surface area contributed by atoms with E-state index in [-0.39, 0.29) is 30.9 Å². The number of anilines is 1. The monoisotopic (exact) mass is 359 g/mol. The molecule has 0 aliphatic carbocycles. The number of para-hydroxylation sites is 1. The van der Waals surface area contributed by atoms with Crippen molar-refractivity contribution in [1.29, 1.82) is 0 Å². The van der Waals surface area contributed by atoms with Gasteiger partial charge in [-0.3, -0.25) is 9.59 Å². The Kier molecular flexibility index (Phi) is 4.63. The van der Waals surface area contributed by atoms with Gasteiger partial charge in [-0.15, -0.1) is 0 Å². The highest BCUT2D eigenvalue weighted by atomic mass is 16.5. The molecule has 27 heavy (non-hydrogen) atoms. The summed E-state index contributed by atoms with van der Waals surface area (Å²) >= 11 is 0. The number of benzene rings is 3. The number of hydrogen-bond acceptors (Lipinski definition) is 3. The molecule has 0 saturated carbocycles. The minimum absolute atomic E-state index is 0.0756. The maximum atomic E-state index is 12.6. The van der Waals surface area contributed by atoms with Crippen LogP contribution in [0.3, 0.4) is 0 Å². The van der Waals surface area contributed by atoms with Crippen molar-refractivity contribution in [3.63, 3.8) is 0 Å². The highest BCUT2D eigenvalue weighted by Gasteiger charge is 2.30. The van der Waals surface area contributed by atoms with Crippen LogP contribution in [0, 0.1) is 0 Å². The van der Waals surface area contributed by atoms with E-state index in [4.69, 9.17) is 4.74 Å². The van der Waals surface area contributed by atoms with Gasteiger partial charge in [0.05, 0.1) is 6.42 Å². The van der Waals surface area contributed by atoms with E-state index in [0.29, 0.717) is 0 Å². The first-order valence-electron chi connectivity index (χ1n) is 9.15. The van der Waals surface area contributed by atoms with Crippen LogP contribution in [0.5, 0.6) is 0 Å². The van der Waals surface area contributed by atoms with Crippen molar-refractivity contribution in [1.82, 2.24) is 0 Å². The summed E-state index contributed by atoms with van der Waals surface area (Å²) < 4.78 is 5.30. The number of ether oxygens (including phenoxy) is 1. The van der Waals surface area contributed by atoms with Crippen LogP contribution in [0.15, 0.2) is 66.7 Å². The van der Waals surface area contributed by atoms with E-state index in [1.807, 2.05) is 73.7 Å². The summed E-state index contributed by atoms with van der Waals surface area (Å²) in [6.07, 6.45) is 0.979. The van der Waals surface area contributed by atoms with Crippen LogP contribution in [-0.2, 0) is 27.2 Å². The fourth-order valence-electron chi connectivity index (χ4n) is 3.81. The van der Waals surface area contributed by atoms with Crippen molar-refractivity contribution in [2.75, 3.05) is 11.5 Å². The van der Waals surface area contributed by atoms with Crippen LogP contribution in [0.25, 0.3) is 10.8 Å². The number of rotatable bonds is 4. The van der Waals surface area contributed by atoms with Gasteiger partial charge in [0.2, 0.25) is 0 Å². The van der Waals surface area contributed by atoms with Crippen LogP contribution in [-0.4, -0.2) is 24.5 Å². The molecule has 0 aromatic heterocycles. The molecule has 0 spiro atoms. The molecule has 0 radical (unpaired) electrons. The van der Waals surface area contributed by atoms with E-state index in [0.717, 1.165) is 34.0 Å². The number of carbonyl (C=O) groups is 2. The lowest BCUT2D eigenvalue weighted by molar-refractivity contribution is -0.147. The maximum Gasteiger partial charge on any atom is 0.310 e. The minimum atomic E-state index is -0.389. The largest absolute Gasteiger partial charge is 0.455 e. The lowest BCUT2D eigenvalue weighted by atomic mass is 10.0. The smallest absolute Gasteiger partial charge is 0.310 e. The Morgan fingerprint density at radius 3 is 2.63 bits per heavy atom. The molecule has 0 bridgehead atoms. The van der Waals surface area contributed by atoms with Crippen molar-refractivity contribution in [3.8, 4) is 0 Å². The van der Waals surface area contributed by atoms with Gasteiger partial charge in [-0.05, 0) is 41.3 Å². The second kappa shape index (κ2) is 7.23. The number of fused-ring (bicyclic) bond motifs is 2. The van der Waals surface area contributed by atoms with Crippen LogP contribution in [0.2, 0.25) is 0 Å². The summed E-state index contributed by atoms with van der Waals surface area (Å²) in [5.74, 6) is -0.571. The van der Waals surface area contributed by atoms with E-state index in [9.17, 15) is 9.59 Å². The summed E-state index contributed by atoms with van der Waals surface area (Å²) in [6, 6.07) is 21.7. The fourth-order valence-corrected chi connectivity index (χ4v) is 3.81. The molecule has 1 heterocycles. The third kappa shape index (κ3) is 3.43. The molecule has 3 aromatic carbocycles.